The molecule has 7 heteroatoms. The van der Waals surface area contributed by atoms with Crippen LogP contribution < -0.4 is 5.32 Å². The third-order valence-corrected chi connectivity index (χ3v) is 4.66. The Labute approximate surface area is 140 Å². The Morgan fingerprint density at radius 1 is 1.23 bits per heavy atom. The van der Waals surface area contributed by atoms with Crippen LogP contribution >= 0.6 is 27.7 Å². The summed E-state index contributed by atoms with van der Waals surface area (Å²) in [5, 5.41) is 13.1. The number of thioether (sulfide) groups is 1. The van der Waals surface area contributed by atoms with E-state index >= 15 is 0 Å². The van der Waals surface area contributed by atoms with E-state index in [1.165, 1.54) is 23.9 Å². The number of nitro benzene ring substituents is 1. The average molecular weight is 381 g/mol. The molecule has 2 aromatic rings. The number of benzene rings is 2. The maximum absolute atomic E-state index is 12.2. The summed E-state index contributed by atoms with van der Waals surface area (Å²) in [6, 6.07) is 13.5. The molecule has 0 saturated carbocycles. The molecular weight excluding hydrogens is 368 g/mol. The van der Waals surface area contributed by atoms with Crippen molar-refractivity contribution in [3.8, 4) is 0 Å². The Balaban J connectivity index is 1.99. The van der Waals surface area contributed by atoms with Crippen molar-refractivity contribution in [2.45, 2.75) is 17.1 Å². The van der Waals surface area contributed by atoms with Crippen LogP contribution in [0.5, 0.6) is 0 Å². The number of non-ortho nitro benzene ring substituents is 1. The molecule has 0 bridgehead atoms. The molecule has 1 amide bonds. The van der Waals surface area contributed by atoms with Gasteiger partial charge >= 0.3 is 0 Å². The Morgan fingerprint density at radius 3 is 2.45 bits per heavy atom. The van der Waals surface area contributed by atoms with Crippen molar-refractivity contribution in [3.05, 3.63) is 63.1 Å². The van der Waals surface area contributed by atoms with E-state index in [2.05, 4.69) is 21.2 Å². The van der Waals surface area contributed by atoms with Gasteiger partial charge in [0.15, 0.2) is 0 Å². The third kappa shape index (κ3) is 4.32. The van der Waals surface area contributed by atoms with Crippen LogP contribution in [0.4, 0.5) is 11.4 Å². The van der Waals surface area contributed by atoms with Crippen molar-refractivity contribution >= 4 is 45.0 Å². The van der Waals surface area contributed by atoms with Crippen molar-refractivity contribution < 1.29 is 9.72 Å². The molecule has 0 aromatic heterocycles. The second-order valence-electron chi connectivity index (χ2n) is 4.48. The number of amides is 1. The molecule has 0 aliphatic carbocycles. The summed E-state index contributed by atoms with van der Waals surface area (Å²) < 4.78 is 0.816. The molecule has 1 atom stereocenters. The maximum atomic E-state index is 12.2. The second-order valence-corrected chi connectivity index (χ2v) is 6.75. The molecule has 0 spiro atoms. The number of anilines is 1. The number of nitrogens with one attached hydrogen (secondary N) is 1. The van der Waals surface area contributed by atoms with E-state index < -0.39 is 4.92 Å². The molecule has 22 heavy (non-hydrogen) atoms. The molecule has 0 aliphatic heterocycles. The summed E-state index contributed by atoms with van der Waals surface area (Å²) in [6.45, 7) is 1.79. The van der Waals surface area contributed by atoms with Gasteiger partial charge in [0.1, 0.15) is 0 Å². The van der Waals surface area contributed by atoms with Crippen LogP contribution in [0, 0.1) is 10.1 Å². The summed E-state index contributed by atoms with van der Waals surface area (Å²) in [6.07, 6.45) is 0. The number of hydrogen-bond donors (Lipinski definition) is 1. The Morgan fingerprint density at radius 2 is 1.86 bits per heavy atom. The van der Waals surface area contributed by atoms with Gasteiger partial charge in [-0.25, -0.2) is 0 Å². The lowest BCUT2D eigenvalue weighted by molar-refractivity contribution is -0.384. The minimum absolute atomic E-state index is 0.0367. The number of nitro groups is 1. The number of para-hydroxylation sites is 1. The van der Waals surface area contributed by atoms with Gasteiger partial charge in [0, 0.05) is 21.5 Å². The van der Waals surface area contributed by atoms with E-state index in [0.29, 0.717) is 5.69 Å². The third-order valence-electron chi connectivity index (χ3n) is 2.86. The first-order chi connectivity index (χ1) is 10.5. The number of rotatable bonds is 5. The predicted octanol–water partition coefficient (Wildman–Crippen LogP) is 4.48. The lowest BCUT2D eigenvalue weighted by atomic mass is 10.3. The number of carbonyl (C=O) groups excluding carboxylic acids is 1. The fourth-order valence-electron chi connectivity index (χ4n) is 1.70. The van der Waals surface area contributed by atoms with Gasteiger partial charge in [-0.3, -0.25) is 14.9 Å². The highest BCUT2D eigenvalue weighted by Crippen LogP contribution is 2.27. The van der Waals surface area contributed by atoms with Crippen molar-refractivity contribution in [1.82, 2.24) is 0 Å². The molecule has 1 N–H and O–H groups in total. The van der Waals surface area contributed by atoms with Gasteiger partial charge in [0.2, 0.25) is 5.91 Å². The van der Waals surface area contributed by atoms with Gasteiger partial charge < -0.3 is 5.32 Å². The first-order valence-electron chi connectivity index (χ1n) is 6.44. The summed E-state index contributed by atoms with van der Waals surface area (Å²) in [7, 11) is 0. The minimum atomic E-state index is -0.447. The van der Waals surface area contributed by atoms with E-state index in [-0.39, 0.29) is 16.8 Å². The smallest absolute Gasteiger partial charge is 0.269 e. The van der Waals surface area contributed by atoms with Gasteiger partial charge in [0.25, 0.3) is 5.69 Å². The van der Waals surface area contributed by atoms with Crippen LogP contribution in [0.15, 0.2) is 57.9 Å². The van der Waals surface area contributed by atoms with Crippen molar-refractivity contribution in [2.75, 3.05) is 5.32 Å². The maximum Gasteiger partial charge on any atom is 0.269 e. The molecule has 0 saturated heterocycles. The lowest BCUT2D eigenvalue weighted by Crippen LogP contribution is -2.22. The number of hydrogen-bond acceptors (Lipinski definition) is 4. The molecule has 0 heterocycles. The van der Waals surface area contributed by atoms with Gasteiger partial charge in [-0.15, -0.1) is 11.8 Å². The van der Waals surface area contributed by atoms with Crippen molar-refractivity contribution in [2.24, 2.45) is 0 Å². The van der Waals surface area contributed by atoms with Gasteiger partial charge in [-0.05, 0) is 47.1 Å². The fraction of sp³-hybridized carbons (Fsp3) is 0.133. The van der Waals surface area contributed by atoms with Gasteiger partial charge in [-0.1, -0.05) is 12.1 Å². The van der Waals surface area contributed by atoms with Gasteiger partial charge in [0.05, 0.1) is 15.9 Å². The van der Waals surface area contributed by atoms with Crippen LogP contribution in [0.2, 0.25) is 0 Å². The zero-order chi connectivity index (χ0) is 16.1. The summed E-state index contributed by atoms with van der Waals surface area (Å²) in [5.74, 6) is -0.129. The van der Waals surface area contributed by atoms with E-state index in [1.807, 2.05) is 24.3 Å². The molecule has 2 rings (SSSR count). The zero-order valence-corrected chi connectivity index (χ0v) is 14.1. The Kier molecular flexibility index (Phi) is 5.57. The standard InChI is InChI=1S/C15H13BrN2O3S/c1-10(15(19)17-14-5-3-2-4-13(14)16)22-12-8-6-11(7-9-12)18(20)21/h2-10H,1H3,(H,17,19). The van der Waals surface area contributed by atoms with Crippen LogP contribution in [0.1, 0.15) is 6.92 Å². The zero-order valence-electron chi connectivity index (χ0n) is 11.7. The molecule has 5 nitrogen and oxygen atoms in total. The van der Waals surface area contributed by atoms with Crippen molar-refractivity contribution in [1.29, 1.82) is 0 Å². The lowest BCUT2D eigenvalue weighted by Gasteiger charge is -2.13. The van der Waals surface area contributed by atoms with Crippen LogP contribution in [-0.4, -0.2) is 16.1 Å². The number of carbonyl (C=O) groups is 1. The molecule has 0 aliphatic rings. The Bertz CT molecular complexity index is 691. The van der Waals surface area contributed by atoms with E-state index in [1.54, 1.807) is 19.1 Å². The summed E-state index contributed by atoms with van der Waals surface area (Å²) in [5.41, 5.74) is 0.748. The van der Waals surface area contributed by atoms with Crippen LogP contribution in [0.3, 0.4) is 0 Å². The topological polar surface area (TPSA) is 72.2 Å². The molecule has 114 valence electrons. The largest absolute Gasteiger partial charge is 0.324 e. The Hall–Kier alpha value is -1.86. The molecular formula is C15H13BrN2O3S. The van der Waals surface area contributed by atoms with Crippen LogP contribution in [0.25, 0.3) is 0 Å². The van der Waals surface area contributed by atoms with E-state index in [9.17, 15) is 14.9 Å². The highest BCUT2D eigenvalue weighted by atomic mass is 79.9. The fourth-order valence-corrected chi connectivity index (χ4v) is 2.95. The normalized spacial score (nSPS) is 11.7. The summed E-state index contributed by atoms with van der Waals surface area (Å²) in [4.78, 5) is 23.2. The highest BCUT2D eigenvalue weighted by molar-refractivity contribution is 9.10. The van der Waals surface area contributed by atoms with E-state index in [0.717, 1.165) is 9.37 Å². The molecule has 0 fully saturated rings. The predicted molar refractivity (Wildman–Crippen MR) is 91.2 cm³/mol. The van der Waals surface area contributed by atoms with E-state index in [4.69, 9.17) is 0 Å². The first kappa shape index (κ1) is 16.5. The highest BCUT2D eigenvalue weighted by Gasteiger charge is 2.16. The molecule has 2 aromatic carbocycles. The number of halogens is 1. The minimum Gasteiger partial charge on any atom is -0.324 e. The average Bonchev–Trinajstić information content (AvgIpc) is 2.50. The number of nitrogens with zero attached hydrogens (tertiary/aromatic N) is 1. The van der Waals surface area contributed by atoms with Crippen molar-refractivity contribution in [3.63, 3.8) is 0 Å². The molecule has 0 radical (unpaired) electrons. The quantitative estimate of drug-likeness (QED) is 0.471. The van der Waals surface area contributed by atoms with Gasteiger partial charge in [-0.2, -0.15) is 0 Å². The second kappa shape index (κ2) is 7.42. The monoisotopic (exact) mass is 380 g/mol. The molecule has 1 unspecified atom stereocenters. The SMILES string of the molecule is CC(Sc1ccc([N+](=O)[O-])cc1)C(=O)Nc1ccccc1Br. The summed E-state index contributed by atoms with van der Waals surface area (Å²) >= 11 is 4.72. The first-order valence-corrected chi connectivity index (χ1v) is 8.11. The van der Waals surface area contributed by atoms with Crippen LogP contribution in [-0.2, 0) is 4.79 Å².